The van der Waals surface area contributed by atoms with Crippen LogP contribution in [0.25, 0.3) is 0 Å². The van der Waals surface area contributed by atoms with Crippen molar-refractivity contribution >= 4 is 15.9 Å². The van der Waals surface area contributed by atoms with Gasteiger partial charge in [0.1, 0.15) is 11.9 Å². The average Bonchev–Trinajstić information content (AvgIpc) is 2.41. The minimum absolute atomic E-state index is 0.319. The van der Waals surface area contributed by atoms with Crippen LogP contribution < -0.4 is 0 Å². The van der Waals surface area contributed by atoms with Crippen LogP contribution in [0.5, 0.6) is 0 Å². The fourth-order valence-corrected chi connectivity index (χ4v) is 2.38. The standard InChI is InChI=1S/C15H14BrFO/c1-2-10-5-3-6-11(9-10)15(18)12-7-4-8-13(17)14(12)16/h3-9,15,18H,2H2,1H3. The number of hydrogen-bond donors (Lipinski definition) is 1. The van der Waals surface area contributed by atoms with E-state index in [0.29, 0.717) is 10.0 Å². The second-order valence-corrected chi connectivity index (χ2v) is 4.94. The second kappa shape index (κ2) is 5.63. The molecule has 0 aliphatic rings. The van der Waals surface area contributed by atoms with Gasteiger partial charge in [-0.2, -0.15) is 0 Å². The van der Waals surface area contributed by atoms with Crippen molar-refractivity contribution in [1.82, 2.24) is 0 Å². The van der Waals surface area contributed by atoms with Gasteiger partial charge in [0.2, 0.25) is 0 Å². The summed E-state index contributed by atoms with van der Waals surface area (Å²) in [6, 6.07) is 12.4. The zero-order chi connectivity index (χ0) is 13.1. The molecule has 0 aromatic heterocycles. The van der Waals surface area contributed by atoms with E-state index in [-0.39, 0.29) is 5.82 Å². The fourth-order valence-electron chi connectivity index (χ4n) is 1.89. The third kappa shape index (κ3) is 2.62. The molecule has 0 spiro atoms. The van der Waals surface area contributed by atoms with E-state index in [1.165, 1.54) is 6.07 Å². The van der Waals surface area contributed by atoms with Gasteiger partial charge in [-0.15, -0.1) is 0 Å². The summed E-state index contributed by atoms with van der Waals surface area (Å²) in [6.07, 6.45) is 0.0896. The van der Waals surface area contributed by atoms with Crippen molar-refractivity contribution in [2.45, 2.75) is 19.4 Å². The van der Waals surface area contributed by atoms with Crippen molar-refractivity contribution < 1.29 is 9.50 Å². The largest absolute Gasteiger partial charge is 0.384 e. The molecule has 2 aromatic rings. The summed E-state index contributed by atoms with van der Waals surface area (Å²) in [5, 5.41) is 10.3. The molecule has 0 radical (unpaired) electrons. The van der Waals surface area contributed by atoms with E-state index in [9.17, 15) is 9.50 Å². The molecule has 0 amide bonds. The van der Waals surface area contributed by atoms with Crippen LogP contribution >= 0.6 is 15.9 Å². The highest BCUT2D eigenvalue weighted by Gasteiger charge is 2.15. The SMILES string of the molecule is CCc1cccc(C(O)c2cccc(F)c2Br)c1. The molecule has 0 bridgehead atoms. The van der Waals surface area contributed by atoms with Gasteiger partial charge in [-0.3, -0.25) is 0 Å². The van der Waals surface area contributed by atoms with Crippen LogP contribution in [0.2, 0.25) is 0 Å². The maximum atomic E-state index is 13.4. The van der Waals surface area contributed by atoms with Crippen LogP contribution in [0.1, 0.15) is 29.7 Å². The third-order valence-electron chi connectivity index (χ3n) is 2.95. The molecule has 94 valence electrons. The molecule has 1 unspecified atom stereocenters. The Balaban J connectivity index is 2.41. The van der Waals surface area contributed by atoms with Crippen molar-refractivity contribution in [1.29, 1.82) is 0 Å². The molecule has 1 N–H and O–H groups in total. The Hall–Kier alpha value is -1.19. The van der Waals surface area contributed by atoms with Gasteiger partial charge >= 0.3 is 0 Å². The lowest BCUT2D eigenvalue weighted by Gasteiger charge is -2.14. The van der Waals surface area contributed by atoms with E-state index in [4.69, 9.17) is 0 Å². The van der Waals surface area contributed by atoms with Crippen LogP contribution in [0.15, 0.2) is 46.9 Å². The quantitative estimate of drug-likeness (QED) is 0.899. The molecule has 0 saturated carbocycles. The van der Waals surface area contributed by atoms with E-state index in [2.05, 4.69) is 22.9 Å². The molecule has 0 aliphatic carbocycles. The van der Waals surface area contributed by atoms with E-state index in [0.717, 1.165) is 17.5 Å². The first kappa shape index (κ1) is 13.2. The van der Waals surface area contributed by atoms with Gasteiger partial charge in [-0.1, -0.05) is 43.3 Å². The summed E-state index contributed by atoms with van der Waals surface area (Å²) in [5.41, 5.74) is 2.47. The summed E-state index contributed by atoms with van der Waals surface area (Å²) in [7, 11) is 0. The number of aryl methyl sites for hydroxylation is 1. The van der Waals surface area contributed by atoms with Gasteiger partial charge in [-0.05, 0) is 39.5 Å². The maximum absolute atomic E-state index is 13.4. The number of hydrogen-bond acceptors (Lipinski definition) is 1. The van der Waals surface area contributed by atoms with Gasteiger partial charge in [0.15, 0.2) is 0 Å². The molecule has 1 atom stereocenters. The summed E-state index contributed by atoms with van der Waals surface area (Å²) < 4.78 is 13.8. The summed E-state index contributed by atoms with van der Waals surface area (Å²) in [6.45, 7) is 2.06. The monoisotopic (exact) mass is 308 g/mol. The molecule has 0 heterocycles. The van der Waals surface area contributed by atoms with Crippen LogP contribution in [-0.4, -0.2) is 5.11 Å². The van der Waals surface area contributed by atoms with E-state index in [1.807, 2.05) is 24.3 Å². The fraction of sp³-hybridized carbons (Fsp3) is 0.200. The maximum Gasteiger partial charge on any atom is 0.137 e. The first-order valence-corrected chi connectivity index (χ1v) is 6.63. The lowest BCUT2D eigenvalue weighted by molar-refractivity contribution is 0.219. The molecule has 0 fully saturated rings. The Morgan fingerprint density at radius 2 is 1.94 bits per heavy atom. The Kier molecular flexibility index (Phi) is 4.15. The Morgan fingerprint density at radius 1 is 1.22 bits per heavy atom. The van der Waals surface area contributed by atoms with Crippen molar-refractivity contribution in [3.63, 3.8) is 0 Å². The highest BCUT2D eigenvalue weighted by Crippen LogP contribution is 2.30. The first-order chi connectivity index (χ1) is 8.63. The summed E-state index contributed by atoms with van der Waals surface area (Å²) in [4.78, 5) is 0. The van der Waals surface area contributed by atoms with Gasteiger partial charge in [-0.25, -0.2) is 4.39 Å². The Morgan fingerprint density at radius 3 is 2.67 bits per heavy atom. The van der Waals surface area contributed by atoms with Crippen molar-refractivity contribution in [2.24, 2.45) is 0 Å². The zero-order valence-corrected chi connectivity index (χ0v) is 11.6. The van der Waals surface area contributed by atoms with Crippen LogP contribution in [-0.2, 0) is 6.42 Å². The predicted octanol–water partition coefficient (Wildman–Crippen LogP) is 4.23. The minimum atomic E-state index is -0.818. The zero-order valence-electron chi connectivity index (χ0n) is 10.0. The number of rotatable bonds is 3. The molecule has 0 saturated heterocycles. The van der Waals surface area contributed by atoms with Crippen LogP contribution in [0.4, 0.5) is 4.39 Å². The van der Waals surface area contributed by atoms with Crippen molar-refractivity contribution in [3.05, 3.63) is 69.4 Å². The Bertz CT molecular complexity index is 554. The molecular formula is C15H14BrFO. The number of aliphatic hydroxyl groups is 1. The van der Waals surface area contributed by atoms with Crippen molar-refractivity contribution in [3.8, 4) is 0 Å². The Labute approximate surface area is 114 Å². The molecular weight excluding hydrogens is 295 g/mol. The van der Waals surface area contributed by atoms with Crippen molar-refractivity contribution in [2.75, 3.05) is 0 Å². The van der Waals surface area contributed by atoms with Gasteiger partial charge in [0, 0.05) is 5.56 Å². The summed E-state index contributed by atoms with van der Waals surface area (Å²) >= 11 is 3.18. The predicted molar refractivity (Wildman–Crippen MR) is 74.0 cm³/mol. The number of halogens is 2. The van der Waals surface area contributed by atoms with E-state index < -0.39 is 6.10 Å². The second-order valence-electron chi connectivity index (χ2n) is 4.14. The molecule has 2 rings (SSSR count). The highest BCUT2D eigenvalue weighted by atomic mass is 79.9. The average molecular weight is 309 g/mol. The van der Waals surface area contributed by atoms with Gasteiger partial charge in [0.05, 0.1) is 4.47 Å². The third-order valence-corrected chi connectivity index (χ3v) is 3.79. The molecule has 3 heteroatoms. The lowest BCUT2D eigenvalue weighted by Crippen LogP contribution is -2.02. The van der Waals surface area contributed by atoms with Crippen LogP contribution in [0.3, 0.4) is 0 Å². The topological polar surface area (TPSA) is 20.2 Å². The molecule has 18 heavy (non-hydrogen) atoms. The molecule has 2 aromatic carbocycles. The first-order valence-electron chi connectivity index (χ1n) is 5.84. The molecule has 1 nitrogen and oxygen atoms in total. The summed E-state index contributed by atoms with van der Waals surface area (Å²) in [5.74, 6) is -0.363. The van der Waals surface area contributed by atoms with Crippen LogP contribution in [0, 0.1) is 5.82 Å². The number of benzene rings is 2. The van der Waals surface area contributed by atoms with E-state index >= 15 is 0 Å². The normalized spacial score (nSPS) is 12.4. The number of aliphatic hydroxyl groups excluding tert-OH is 1. The van der Waals surface area contributed by atoms with Gasteiger partial charge in [0.25, 0.3) is 0 Å². The molecule has 0 aliphatic heterocycles. The minimum Gasteiger partial charge on any atom is -0.384 e. The lowest BCUT2D eigenvalue weighted by atomic mass is 9.99. The highest BCUT2D eigenvalue weighted by molar-refractivity contribution is 9.10. The smallest absolute Gasteiger partial charge is 0.137 e. The van der Waals surface area contributed by atoms with E-state index in [1.54, 1.807) is 12.1 Å². The van der Waals surface area contributed by atoms with Gasteiger partial charge < -0.3 is 5.11 Å².